The number of H-pyrrole nitrogens is 1. The number of hydrogen-bond acceptors (Lipinski definition) is 6. The average Bonchev–Trinajstić information content (AvgIpc) is 2.43. The molecule has 0 aromatic carbocycles. The Hall–Kier alpha value is -2.97. The van der Waals surface area contributed by atoms with Gasteiger partial charge in [0.2, 0.25) is 0 Å². The van der Waals surface area contributed by atoms with Gasteiger partial charge in [-0.15, -0.1) is 0 Å². The van der Waals surface area contributed by atoms with Crippen LogP contribution in [-0.2, 0) is 6.54 Å². The van der Waals surface area contributed by atoms with Gasteiger partial charge in [0, 0.05) is 18.3 Å². The summed E-state index contributed by atoms with van der Waals surface area (Å²) in [6, 6.07) is 3.44. The van der Waals surface area contributed by atoms with E-state index in [9.17, 15) is 19.7 Å². The molecule has 0 spiro atoms. The molecule has 0 bridgehead atoms. The van der Waals surface area contributed by atoms with Crippen molar-refractivity contribution >= 4 is 11.5 Å². The van der Waals surface area contributed by atoms with Crippen LogP contribution in [0.15, 0.2) is 34.1 Å². The van der Waals surface area contributed by atoms with Crippen molar-refractivity contribution in [3.05, 3.63) is 61.0 Å². The Labute approximate surface area is 118 Å². The van der Waals surface area contributed by atoms with Crippen LogP contribution in [0.5, 0.6) is 0 Å². The van der Waals surface area contributed by atoms with Gasteiger partial charge in [-0.05, 0) is 13.0 Å². The number of rotatable bonds is 5. The maximum atomic E-state index is 11.7. The third-order valence-electron chi connectivity index (χ3n) is 2.76. The van der Waals surface area contributed by atoms with E-state index < -0.39 is 21.9 Å². The molecule has 0 aliphatic carbocycles. The highest BCUT2D eigenvalue weighted by molar-refractivity contribution is 5.43. The van der Waals surface area contributed by atoms with Gasteiger partial charge in [0.15, 0.2) is 0 Å². The highest BCUT2D eigenvalue weighted by Crippen LogP contribution is 2.12. The summed E-state index contributed by atoms with van der Waals surface area (Å²) >= 11 is 0. The summed E-state index contributed by atoms with van der Waals surface area (Å²) in [6.07, 6.45) is 2.53. The number of aromatic nitrogens is 3. The number of pyridine rings is 1. The number of hydrogen-bond donors (Lipinski definition) is 2. The molecule has 0 aliphatic rings. The van der Waals surface area contributed by atoms with Gasteiger partial charge >= 0.3 is 16.9 Å². The van der Waals surface area contributed by atoms with Gasteiger partial charge in [0.25, 0.3) is 0 Å². The van der Waals surface area contributed by atoms with Crippen LogP contribution in [0.25, 0.3) is 0 Å². The fourth-order valence-corrected chi connectivity index (χ4v) is 1.82. The molecule has 2 rings (SSSR count). The first-order chi connectivity index (χ1) is 10.0. The predicted molar refractivity (Wildman–Crippen MR) is 75.5 cm³/mol. The Morgan fingerprint density at radius 3 is 2.90 bits per heavy atom. The van der Waals surface area contributed by atoms with Gasteiger partial charge in [-0.2, -0.15) is 0 Å². The minimum Gasteiger partial charge on any atom is -0.370 e. The molecule has 21 heavy (non-hydrogen) atoms. The van der Waals surface area contributed by atoms with Crippen molar-refractivity contribution < 1.29 is 4.92 Å². The van der Waals surface area contributed by atoms with Gasteiger partial charge in [-0.1, -0.05) is 6.07 Å². The van der Waals surface area contributed by atoms with E-state index in [0.29, 0.717) is 17.9 Å². The molecule has 0 aliphatic heterocycles. The predicted octanol–water partition coefficient (Wildman–Crippen LogP) is 0.320. The maximum Gasteiger partial charge on any atom is 0.350 e. The van der Waals surface area contributed by atoms with Crippen LogP contribution in [0, 0.1) is 10.1 Å². The monoisotopic (exact) mass is 291 g/mol. The molecule has 2 aromatic rings. The second-order valence-corrected chi connectivity index (χ2v) is 4.20. The van der Waals surface area contributed by atoms with Gasteiger partial charge in [0.05, 0.1) is 17.7 Å². The summed E-state index contributed by atoms with van der Waals surface area (Å²) in [5.41, 5.74) is -1.72. The Morgan fingerprint density at radius 2 is 2.24 bits per heavy atom. The Bertz CT molecular complexity index is 780. The first-order valence-corrected chi connectivity index (χ1v) is 6.19. The summed E-state index contributed by atoms with van der Waals surface area (Å²) < 4.78 is 1.07. The minimum atomic E-state index is -1.01. The molecule has 9 heteroatoms. The van der Waals surface area contributed by atoms with E-state index in [0.717, 1.165) is 10.8 Å². The zero-order chi connectivity index (χ0) is 15.4. The Kier molecular flexibility index (Phi) is 4.12. The number of nitrogens with one attached hydrogen (secondary N) is 2. The van der Waals surface area contributed by atoms with E-state index in [1.54, 1.807) is 18.3 Å². The third-order valence-corrected chi connectivity index (χ3v) is 2.76. The molecule has 2 aromatic heterocycles. The van der Waals surface area contributed by atoms with Crippen LogP contribution in [0.1, 0.15) is 12.5 Å². The van der Waals surface area contributed by atoms with E-state index in [1.165, 1.54) is 0 Å². The molecule has 0 fully saturated rings. The minimum absolute atomic E-state index is 0.0621. The summed E-state index contributed by atoms with van der Waals surface area (Å²) in [7, 11) is 0. The van der Waals surface area contributed by atoms with E-state index in [4.69, 9.17) is 0 Å². The summed E-state index contributed by atoms with van der Waals surface area (Å²) in [4.78, 5) is 39.0. The van der Waals surface area contributed by atoms with Crippen molar-refractivity contribution in [2.45, 2.75) is 13.5 Å². The van der Waals surface area contributed by atoms with E-state index in [1.807, 2.05) is 11.9 Å². The fraction of sp³-hybridized carbons (Fsp3) is 0.250. The van der Waals surface area contributed by atoms with Crippen LogP contribution < -0.4 is 16.6 Å². The van der Waals surface area contributed by atoms with Crippen LogP contribution in [0.4, 0.5) is 11.5 Å². The molecule has 9 nitrogen and oxygen atoms in total. The van der Waals surface area contributed by atoms with Gasteiger partial charge in [-0.25, -0.2) is 9.78 Å². The zero-order valence-electron chi connectivity index (χ0n) is 11.2. The topological polar surface area (TPSA) is 123 Å². The summed E-state index contributed by atoms with van der Waals surface area (Å²) in [5.74, 6) is 0.584. The van der Waals surface area contributed by atoms with Crippen LogP contribution in [0.2, 0.25) is 0 Å². The van der Waals surface area contributed by atoms with Crippen molar-refractivity contribution in [1.82, 2.24) is 14.5 Å². The van der Waals surface area contributed by atoms with Gasteiger partial charge in [-0.3, -0.25) is 24.5 Å². The van der Waals surface area contributed by atoms with Crippen LogP contribution in [-0.4, -0.2) is 26.0 Å². The molecule has 0 atom stereocenters. The number of nitrogens with zero attached hydrogens (tertiary/aromatic N) is 3. The zero-order valence-corrected chi connectivity index (χ0v) is 11.2. The van der Waals surface area contributed by atoms with Crippen molar-refractivity contribution in [1.29, 1.82) is 0 Å². The first kappa shape index (κ1) is 14.4. The number of aromatic amines is 1. The highest BCUT2D eigenvalue weighted by Gasteiger charge is 2.15. The molecule has 2 heterocycles. The molecule has 0 amide bonds. The standard InChI is InChI=1S/C12H13N5O4/c1-2-13-10-8(4-3-5-14-10)6-16-7-9(17(20)21)11(18)15-12(16)19/h3-5,7H,2,6H2,1H3,(H,13,14)(H,15,18,19). The lowest BCUT2D eigenvalue weighted by molar-refractivity contribution is -0.386. The van der Waals surface area contributed by atoms with Gasteiger partial charge < -0.3 is 5.32 Å². The lowest BCUT2D eigenvalue weighted by Gasteiger charge is -2.10. The van der Waals surface area contributed by atoms with Crippen molar-refractivity contribution in [2.24, 2.45) is 0 Å². The molecular formula is C12H13N5O4. The Morgan fingerprint density at radius 1 is 1.48 bits per heavy atom. The van der Waals surface area contributed by atoms with Crippen molar-refractivity contribution in [3.8, 4) is 0 Å². The van der Waals surface area contributed by atoms with E-state index in [2.05, 4.69) is 10.3 Å². The van der Waals surface area contributed by atoms with E-state index in [-0.39, 0.29) is 6.54 Å². The first-order valence-electron chi connectivity index (χ1n) is 6.19. The molecule has 2 N–H and O–H groups in total. The lowest BCUT2D eigenvalue weighted by atomic mass is 10.2. The lowest BCUT2D eigenvalue weighted by Crippen LogP contribution is -2.31. The quantitative estimate of drug-likeness (QED) is 0.604. The normalized spacial score (nSPS) is 10.3. The molecule has 0 saturated carbocycles. The highest BCUT2D eigenvalue weighted by atomic mass is 16.6. The third kappa shape index (κ3) is 3.14. The second kappa shape index (κ2) is 5.99. The van der Waals surface area contributed by atoms with Crippen LogP contribution in [0.3, 0.4) is 0 Å². The molecular weight excluding hydrogens is 278 g/mol. The van der Waals surface area contributed by atoms with Gasteiger partial charge in [0.1, 0.15) is 5.82 Å². The van der Waals surface area contributed by atoms with Crippen molar-refractivity contribution in [3.63, 3.8) is 0 Å². The summed E-state index contributed by atoms with van der Waals surface area (Å²) in [5, 5.41) is 13.8. The number of nitro groups is 1. The second-order valence-electron chi connectivity index (χ2n) is 4.20. The molecule has 110 valence electrons. The molecule has 0 saturated heterocycles. The fourth-order valence-electron chi connectivity index (χ4n) is 1.82. The summed E-state index contributed by atoms with van der Waals surface area (Å²) in [6.45, 7) is 2.60. The molecule has 0 radical (unpaired) electrons. The maximum absolute atomic E-state index is 11.7. The largest absolute Gasteiger partial charge is 0.370 e. The van der Waals surface area contributed by atoms with Crippen LogP contribution >= 0.6 is 0 Å². The average molecular weight is 291 g/mol. The smallest absolute Gasteiger partial charge is 0.350 e. The SMILES string of the molecule is CCNc1ncccc1Cn1cc([N+](=O)[O-])c(=O)[nH]c1=O. The Balaban J connectivity index is 2.45. The van der Waals surface area contributed by atoms with Crippen molar-refractivity contribution in [2.75, 3.05) is 11.9 Å². The number of anilines is 1. The van der Waals surface area contributed by atoms with E-state index >= 15 is 0 Å². The molecule has 0 unspecified atom stereocenters.